The van der Waals surface area contributed by atoms with Crippen LogP contribution >= 0.6 is 0 Å². The van der Waals surface area contributed by atoms with E-state index in [9.17, 15) is 0 Å². The van der Waals surface area contributed by atoms with Crippen LogP contribution in [0.3, 0.4) is 0 Å². The zero-order chi connectivity index (χ0) is 22.2. The molecule has 0 N–H and O–H groups in total. The van der Waals surface area contributed by atoms with Gasteiger partial charge in [0.25, 0.3) is 0 Å². The molecule has 2 aromatic carbocycles. The molecule has 172 valence electrons. The predicted molar refractivity (Wildman–Crippen MR) is 138 cm³/mol. The van der Waals surface area contributed by atoms with Gasteiger partial charge in [-0.3, -0.25) is 0 Å². The minimum absolute atomic E-state index is 0.818. The minimum Gasteiger partial charge on any atom is -0.456 e. The SMILES string of the molecule is CCCCCCCCC(CCCCCC)Cc1ccc2c3c(oc2c1)-c1ccccc1C3. The summed E-state index contributed by atoms with van der Waals surface area (Å²) in [5.74, 6) is 1.92. The molecule has 0 aliphatic heterocycles. The molecule has 4 rings (SSSR count). The molecular formula is C31H42O. The van der Waals surface area contributed by atoms with E-state index in [2.05, 4.69) is 56.3 Å². The average Bonchev–Trinajstić information content (AvgIpc) is 3.34. The summed E-state index contributed by atoms with van der Waals surface area (Å²) in [7, 11) is 0. The third kappa shape index (κ3) is 5.66. The summed E-state index contributed by atoms with van der Waals surface area (Å²) < 4.78 is 6.41. The molecule has 1 aliphatic rings. The van der Waals surface area contributed by atoms with Crippen molar-refractivity contribution >= 4 is 11.0 Å². The molecule has 32 heavy (non-hydrogen) atoms. The van der Waals surface area contributed by atoms with Gasteiger partial charge >= 0.3 is 0 Å². The second-order valence-electron chi connectivity index (χ2n) is 10.1. The topological polar surface area (TPSA) is 13.1 Å². The standard InChI is InChI=1S/C31H42O/c1-3-5-7-9-10-12-16-24(15-11-8-6-4-2)21-25-19-20-28-29-23-26-17-13-14-18-27(26)31(29)32-30(28)22-25/h13-14,17-20,22,24H,3-12,15-16,21,23H2,1-2H3. The highest BCUT2D eigenvalue weighted by molar-refractivity contribution is 5.92. The lowest BCUT2D eigenvalue weighted by molar-refractivity contribution is 0.402. The van der Waals surface area contributed by atoms with Gasteiger partial charge in [-0.15, -0.1) is 0 Å². The molecule has 1 unspecified atom stereocenters. The van der Waals surface area contributed by atoms with Crippen molar-refractivity contribution in [3.05, 3.63) is 59.2 Å². The monoisotopic (exact) mass is 430 g/mol. The maximum absolute atomic E-state index is 6.41. The van der Waals surface area contributed by atoms with Gasteiger partial charge in [-0.05, 0) is 29.5 Å². The molecule has 0 fully saturated rings. The Hall–Kier alpha value is -2.02. The van der Waals surface area contributed by atoms with Crippen molar-refractivity contribution in [2.75, 3.05) is 0 Å². The van der Waals surface area contributed by atoms with Crippen molar-refractivity contribution in [1.82, 2.24) is 0 Å². The minimum atomic E-state index is 0.818. The fourth-order valence-corrected chi connectivity index (χ4v) is 5.56. The Labute approximate surface area is 195 Å². The van der Waals surface area contributed by atoms with Crippen LogP contribution in [-0.2, 0) is 12.8 Å². The van der Waals surface area contributed by atoms with Crippen molar-refractivity contribution in [3.63, 3.8) is 0 Å². The van der Waals surface area contributed by atoms with Gasteiger partial charge in [0.15, 0.2) is 0 Å². The van der Waals surface area contributed by atoms with Gasteiger partial charge in [0.1, 0.15) is 11.3 Å². The van der Waals surface area contributed by atoms with Gasteiger partial charge in [-0.25, -0.2) is 0 Å². The second-order valence-corrected chi connectivity index (χ2v) is 10.1. The first-order valence-corrected chi connectivity index (χ1v) is 13.4. The lowest BCUT2D eigenvalue weighted by Gasteiger charge is -2.17. The van der Waals surface area contributed by atoms with E-state index in [1.165, 1.54) is 111 Å². The Morgan fingerprint density at radius 3 is 2.25 bits per heavy atom. The molecule has 1 aliphatic carbocycles. The molecule has 0 saturated heterocycles. The van der Waals surface area contributed by atoms with Crippen molar-refractivity contribution < 1.29 is 4.42 Å². The summed E-state index contributed by atoms with van der Waals surface area (Å²) >= 11 is 0. The predicted octanol–water partition coefficient (Wildman–Crippen LogP) is 9.88. The number of rotatable bonds is 14. The van der Waals surface area contributed by atoms with E-state index in [1.807, 2.05) is 0 Å². The summed E-state index contributed by atoms with van der Waals surface area (Å²) in [5, 5.41) is 1.32. The lowest BCUT2D eigenvalue weighted by atomic mass is 9.88. The van der Waals surface area contributed by atoms with E-state index in [0.29, 0.717) is 0 Å². The fourth-order valence-electron chi connectivity index (χ4n) is 5.56. The highest BCUT2D eigenvalue weighted by atomic mass is 16.3. The highest BCUT2D eigenvalue weighted by Crippen LogP contribution is 2.42. The normalized spacial score (nSPS) is 13.4. The maximum Gasteiger partial charge on any atom is 0.139 e. The summed E-state index contributed by atoms with van der Waals surface area (Å²) in [4.78, 5) is 0. The third-order valence-electron chi connectivity index (χ3n) is 7.44. The number of unbranched alkanes of at least 4 members (excludes halogenated alkanes) is 8. The number of hydrogen-bond donors (Lipinski definition) is 0. The molecule has 1 nitrogen and oxygen atoms in total. The van der Waals surface area contributed by atoms with Crippen molar-refractivity contribution in [2.45, 2.75) is 104 Å². The Morgan fingerprint density at radius 1 is 0.781 bits per heavy atom. The molecule has 0 bridgehead atoms. The lowest BCUT2D eigenvalue weighted by Crippen LogP contribution is -2.05. The van der Waals surface area contributed by atoms with Gasteiger partial charge in [-0.1, -0.05) is 127 Å². The van der Waals surface area contributed by atoms with E-state index in [4.69, 9.17) is 4.42 Å². The zero-order valence-electron chi connectivity index (χ0n) is 20.4. The first-order chi connectivity index (χ1) is 15.8. The molecule has 0 spiro atoms. The van der Waals surface area contributed by atoms with Gasteiger partial charge in [-0.2, -0.15) is 0 Å². The van der Waals surface area contributed by atoms with E-state index in [1.54, 1.807) is 0 Å². The highest BCUT2D eigenvalue weighted by Gasteiger charge is 2.25. The van der Waals surface area contributed by atoms with Crippen LogP contribution in [0, 0.1) is 5.92 Å². The van der Waals surface area contributed by atoms with Crippen molar-refractivity contribution in [2.24, 2.45) is 5.92 Å². The number of furan rings is 1. The smallest absolute Gasteiger partial charge is 0.139 e. The van der Waals surface area contributed by atoms with Crippen LogP contribution in [0.25, 0.3) is 22.3 Å². The average molecular weight is 431 g/mol. The van der Waals surface area contributed by atoms with Crippen LogP contribution in [0.5, 0.6) is 0 Å². The molecule has 3 aromatic rings. The molecule has 0 amide bonds. The van der Waals surface area contributed by atoms with E-state index in [0.717, 1.165) is 23.7 Å². The molecule has 0 radical (unpaired) electrons. The van der Waals surface area contributed by atoms with E-state index >= 15 is 0 Å². The largest absolute Gasteiger partial charge is 0.456 e. The van der Waals surface area contributed by atoms with Crippen molar-refractivity contribution in [1.29, 1.82) is 0 Å². The first-order valence-electron chi connectivity index (χ1n) is 13.4. The van der Waals surface area contributed by atoms with Crippen LogP contribution in [0.2, 0.25) is 0 Å². The van der Waals surface area contributed by atoms with E-state index < -0.39 is 0 Å². The molecule has 1 atom stereocenters. The van der Waals surface area contributed by atoms with Crippen molar-refractivity contribution in [3.8, 4) is 11.3 Å². The molecule has 1 aromatic heterocycles. The molecule has 1 heterocycles. The van der Waals surface area contributed by atoms with Crippen LogP contribution in [0.4, 0.5) is 0 Å². The van der Waals surface area contributed by atoms with Crippen LogP contribution in [0.15, 0.2) is 46.9 Å². The van der Waals surface area contributed by atoms with Crippen LogP contribution in [-0.4, -0.2) is 0 Å². The fraction of sp³-hybridized carbons (Fsp3) is 0.548. The summed E-state index contributed by atoms with van der Waals surface area (Å²) in [6, 6.07) is 15.7. The quantitative estimate of drug-likeness (QED) is 0.181. The second kappa shape index (κ2) is 11.7. The maximum atomic E-state index is 6.41. The Morgan fingerprint density at radius 2 is 1.47 bits per heavy atom. The summed E-state index contributed by atoms with van der Waals surface area (Å²) in [5.41, 5.74) is 6.63. The number of hydrogen-bond acceptors (Lipinski definition) is 1. The Kier molecular flexibility index (Phi) is 8.49. The Bertz CT molecular complexity index is 979. The van der Waals surface area contributed by atoms with Gasteiger partial charge in [0.2, 0.25) is 0 Å². The third-order valence-corrected chi connectivity index (χ3v) is 7.44. The van der Waals surface area contributed by atoms with E-state index in [-0.39, 0.29) is 0 Å². The summed E-state index contributed by atoms with van der Waals surface area (Å²) in [6.07, 6.45) is 18.9. The zero-order valence-corrected chi connectivity index (χ0v) is 20.4. The van der Waals surface area contributed by atoms with Crippen LogP contribution in [0.1, 0.15) is 108 Å². The molecule has 1 heteroatoms. The first kappa shape index (κ1) is 23.1. The van der Waals surface area contributed by atoms with Crippen LogP contribution < -0.4 is 0 Å². The van der Waals surface area contributed by atoms with Gasteiger partial charge in [0.05, 0.1) is 0 Å². The number of benzene rings is 2. The van der Waals surface area contributed by atoms with Gasteiger partial charge in [0, 0.05) is 22.9 Å². The number of fused-ring (bicyclic) bond motifs is 5. The molecular weight excluding hydrogens is 388 g/mol. The Balaban J connectivity index is 1.41. The summed E-state index contributed by atoms with van der Waals surface area (Å²) in [6.45, 7) is 4.61. The van der Waals surface area contributed by atoms with Gasteiger partial charge < -0.3 is 4.42 Å². The molecule has 0 saturated carbocycles.